The van der Waals surface area contributed by atoms with E-state index in [4.69, 9.17) is 10.3 Å². The maximum Gasteiger partial charge on any atom is 0.397 e. The van der Waals surface area contributed by atoms with Gasteiger partial charge in [-0.15, -0.1) is 0 Å². The van der Waals surface area contributed by atoms with Crippen LogP contribution in [0.1, 0.15) is 26.2 Å². The first kappa shape index (κ1) is 26.8. The average Bonchev–Trinajstić information content (AvgIpc) is 2.58. The van der Waals surface area contributed by atoms with Crippen LogP contribution >= 0.6 is 21.6 Å². The molecule has 0 radical (unpaired) electrons. The highest BCUT2D eigenvalue weighted by Crippen LogP contribution is 2.23. The Balaban J connectivity index is 5.06. The van der Waals surface area contributed by atoms with Crippen molar-refractivity contribution in [2.45, 2.75) is 38.3 Å². The van der Waals surface area contributed by atoms with Gasteiger partial charge < -0.3 is 16.2 Å². The second-order valence-corrected chi connectivity index (χ2v) is 9.45. The summed E-state index contributed by atoms with van der Waals surface area (Å²) in [6, 6.07) is -2.36. The number of hydrogen-bond acceptors (Lipinski definition) is 10. The minimum absolute atomic E-state index is 0.00332. The van der Waals surface area contributed by atoms with E-state index in [0.29, 0.717) is 0 Å². The molecule has 0 aliphatic heterocycles. The van der Waals surface area contributed by atoms with Crippen LogP contribution in [0.15, 0.2) is 0 Å². The lowest BCUT2D eigenvalue weighted by atomic mass is 10.00. The molecule has 5 N–H and O–H groups in total. The molecule has 0 aromatic rings. The number of aliphatic carboxylic acids is 1. The van der Waals surface area contributed by atoms with Gasteiger partial charge in [0.2, 0.25) is 5.91 Å². The lowest BCUT2D eigenvalue weighted by molar-refractivity contribution is -0.143. The number of carbonyl (C=O) groups excluding carboxylic acids is 3. The van der Waals surface area contributed by atoms with E-state index in [1.807, 2.05) is 0 Å². The Morgan fingerprint density at radius 3 is 2.32 bits per heavy atom. The number of carboxylic acids is 1. The third kappa shape index (κ3) is 12.3. The first-order valence-corrected chi connectivity index (χ1v) is 12.0. The minimum Gasteiger partial charge on any atom is -0.481 e. The lowest BCUT2D eigenvalue weighted by Crippen LogP contribution is -2.46. The summed E-state index contributed by atoms with van der Waals surface area (Å²) < 4.78 is 34.4. The predicted octanol–water partition coefficient (Wildman–Crippen LogP) is -0.342. The van der Waals surface area contributed by atoms with E-state index in [1.54, 1.807) is 6.26 Å². The van der Waals surface area contributed by atoms with Crippen LogP contribution in [-0.4, -0.2) is 72.2 Å². The van der Waals surface area contributed by atoms with Crippen molar-refractivity contribution in [2.75, 3.05) is 18.6 Å². The third-order valence-electron chi connectivity index (χ3n) is 3.50. The summed E-state index contributed by atoms with van der Waals surface area (Å²) in [5, 5.41) is 11.4. The van der Waals surface area contributed by atoms with Crippen molar-refractivity contribution in [1.82, 2.24) is 5.32 Å². The number of rotatable bonds is 15. The molecular formula is C14H24N2O9S3. The van der Waals surface area contributed by atoms with Gasteiger partial charge in [-0.05, 0) is 19.6 Å². The second kappa shape index (κ2) is 13.1. The molecule has 0 fully saturated rings. The number of hydrogen-bond donors (Lipinski definition) is 4. The van der Waals surface area contributed by atoms with Crippen LogP contribution < -0.4 is 11.1 Å². The summed E-state index contributed by atoms with van der Waals surface area (Å²) in [5.41, 5.74) is 5.51. The first-order chi connectivity index (χ1) is 12.9. The van der Waals surface area contributed by atoms with Crippen LogP contribution in [0.4, 0.5) is 0 Å². The van der Waals surface area contributed by atoms with Crippen molar-refractivity contribution >= 4 is 55.4 Å². The summed E-state index contributed by atoms with van der Waals surface area (Å²) >= 11 is 0. The van der Waals surface area contributed by atoms with Gasteiger partial charge in [0.05, 0.1) is 18.6 Å². The van der Waals surface area contributed by atoms with Gasteiger partial charge in [0.15, 0.2) is 5.78 Å². The standard InChI is InChI=1S/C14H24N2O9S3/c1-8(17)10(15)3-4-13(19)16-11(6-25-28(22,23)24)12(18)5-9(14(20)21)7-27-26-2/h9-11H,3-7,15H2,1-2H3,(H,16,19)(H,20,21)(H,22,23,24)/t9-,10-,11-/m0/s1. The average molecular weight is 461 g/mol. The fraction of sp³-hybridized carbons (Fsp3) is 0.714. The quantitative estimate of drug-likeness (QED) is 0.184. The molecule has 162 valence electrons. The molecule has 3 atom stereocenters. The van der Waals surface area contributed by atoms with Crippen molar-refractivity contribution in [3.63, 3.8) is 0 Å². The van der Waals surface area contributed by atoms with Crippen LogP contribution in [0.3, 0.4) is 0 Å². The maximum absolute atomic E-state index is 12.4. The van der Waals surface area contributed by atoms with Crippen LogP contribution in [0.2, 0.25) is 0 Å². The Labute approximate surface area is 170 Å². The number of Topliss-reactive ketones (excluding diaryl/α,β-unsaturated/α-hetero) is 2. The number of ketones is 2. The van der Waals surface area contributed by atoms with Gasteiger partial charge in [-0.2, -0.15) is 8.42 Å². The Kier molecular flexibility index (Phi) is 12.6. The number of amides is 1. The molecule has 0 saturated heterocycles. The zero-order valence-corrected chi connectivity index (χ0v) is 17.8. The van der Waals surface area contributed by atoms with Gasteiger partial charge >= 0.3 is 16.4 Å². The van der Waals surface area contributed by atoms with Gasteiger partial charge in [-0.1, -0.05) is 21.6 Å². The third-order valence-corrected chi connectivity index (χ3v) is 5.82. The Hall–Kier alpha value is -1.19. The number of nitrogens with one attached hydrogen (secondary N) is 1. The Morgan fingerprint density at radius 1 is 1.25 bits per heavy atom. The molecule has 0 heterocycles. The summed E-state index contributed by atoms with van der Waals surface area (Å²) in [7, 11) is -2.33. The molecule has 14 heteroatoms. The molecule has 0 bridgehead atoms. The molecule has 11 nitrogen and oxygen atoms in total. The molecule has 0 aromatic heterocycles. The van der Waals surface area contributed by atoms with E-state index in [9.17, 15) is 32.7 Å². The fourth-order valence-electron chi connectivity index (χ4n) is 1.88. The summed E-state index contributed by atoms with van der Waals surface area (Å²) in [4.78, 5) is 46.7. The molecule has 1 amide bonds. The molecule has 0 aliphatic rings. The van der Waals surface area contributed by atoms with Crippen LogP contribution in [0, 0.1) is 5.92 Å². The van der Waals surface area contributed by atoms with E-state index < -0.39 is 59.1 Å². The van der Waals surface area contributed by atoms with Gasteiger partial charge in [0.25, 0.3) is 0 Å². The smallest absolute Gasteiger partial charge is 0.397 e. The highest BCUT2D eigenvalue weighted by atomic mass is 33.1. The van der Waals surface area contributed by atoms with E-state index in [2.05, 4.69) is 9.50 Å². The van der Waals surface area contributed by atoms with Gasteiger partial charge in [0, 0.05) is 18.6 Å². The van der Waals surface area contributed by atoms with Crippen LogP contribution in [0.25, 0.3) is 0 Å². The topological polar surface area (TPSA) is 190 Å². The number of carbonyl (C=O) groups is 4. The molecule has 0 aromatic carbocycles. The Bertz CT molecular complexity index is 669. The molecule has 0 aliphatic carbocycles. The number of nitrogens with two attached hydrogens (primary N) is 1. The molecule has 0 unspecified atom stereocenters. The Morgan fingerprint density at radius 2 is 1.86 bits per heavy atom. The maximum atomic E-state index is 12.4. The van der Waals surface area contributed by atoms with Gasteiger partial charge in [0.1, 0.15) is 11.8 Å². The zero-order chi connectivity index (χ0) is 21.9. The van der Waals surface area contributed by atoms with E-state index in [-0.39, 0.29) is 24.4 Å². The molecular weight excluding hydrogens is 436 g/mol. The number of carboxylic acid groups (broad SMARTS) is 1. The highest BCUT2D eigenvalue weighted by molar-refractivity contribution is 8.76. The molecule has 0 rings (SSSR count). The second-order valence-electron chi connectivity index (χ2n) is 5.74. The van der Waals surface area contributed by atoms with E-state index in [1.165, 1.54) is 28.5 Å². The van der Waals surface area contributed by atoms with Crippen LogP contribution in [-0.2, 0) is 33.8 Å². The lowest BCUT2D eigenvalue weighted by Gasteiger charge is -2.19. The van der Waals surface area contributed by atoms with E-state index in [0.717, 1.165) is 0 Å². The van der Waals surface area contributed by atoms with Crippen molar-refractivity contribution in [3.8, 4) is 0 Å². The van der Waals surface area contributed by atoms with Crippen LogP contribution in [0.5, 0.6) is 0 Å². The first-order valence-electron chi connectivity index (χ1n) is 7.95. The van der Waals surface area contributed by atoms with Crippen molar-refractivity contribution < 1.29 is 41.4 Å². The normalized spacial score (nSPS) is 14.7. The summed E-state index contributed by atoms with van der Waals surface area (Å²) in [6.45, 7) is 0.359. The van der Waals surface area contributed by atoms with Gasteiger partial charge in [-0.25, -0.2) is 4.18 Å². The predicted molar refractivity (Wildman–Crippen MR) is 104 cm³/mol. The molecule has 28 heavy (non-hydrogen) atoms. The summed E-state index contributed by atoms with van der Waals surface area (Å²) in [6.07, 6.45) is 1.04. The molecule has 0 saturated carbocycles. The SMILES string of the molecule is CSSC[C@H](CC(=O)[C@H](COS(=O)(=O)O)NC(=O)CC[C@H](N)C(C)=O)C(=O)O. The zero-order valence-electron chi connectivity index (χ0n) is 15.3. The van der Waals surface area contributed by atoms with Crippen molar-refractivity contribution in [2.24, 2.45) is 11.7 Å². The van der Waals surface area contributed by atoms with Gasteiger partial charge in [-0.3, -0.25) is 23.7 Å². The summed E-state index contributed by atoms with van der Waals surface area (Å²) in [5.74, 6) is -3.97. The van der Waals surface area contributed by atoms with E-state index >= 15 is 0 Å². The highest BCUT2D eigenvalue weighted by Gasteiger charge is 2.29. The monoisotopic (exact) mass is 460 g/mol. The fourth-order valence-corrected chi connectivity index (χ4v) is 3.65. The van der Waals surface area contributed by atoms with Crippen molar-refractivity contribution in [3.05, 3.63) is 0 Å². The largest absolute Gasteiger partial charge is 0.481 e. The minimum atomic E-state index is -4.88. The molecule has 0 spiro atoms. The van der Waals surface area contributed by atoms with Crippen molar-refractivity contribution in [1.29, 1.82) is 0 Å².